The predicted molar refractivity (Wildman–Crippen MR) is 119 cm³/mol. The number of nitrogens with one attached hydrogen (secondary N) is 2. The number of carboxylic acid groups (broad SMARTS) is 1. The van der Waals surface area contributed by atoms with Crippen LogP contribution in [0.3, 0.4) is 0 Å². The number of anilines is 1. The Morgan fingerprint density at radius 2 is 1.66 bits per heavy atom. The second-order valence-corrected chi connectivity index (χ2v) is 7.83. The highest BCUT2D eigenvalue weighted by Crippen LogP contribution is 2.31. The minimum atomic E-state index is -5.08. The number of esters is 1. The zero-order chi connectivity index (χ0) is 25.6. The third-order valence-corrected chi connectivity index (χ3v) is 5.42. The summed E-state index contributed by atoms with van der Waals surface area (Å²) < 4.78 is 37.0. The zero-order valence-corrected chi connectivity index (χ0v) is 18.5. The lowest BCUT2D eigenvalue weighted by Gasteiger charge is -2.20. The summed E-state index contributed by atoms with van der Waals surface area (Å²) in [4.78, 5) is 46.4. The van der Waals surface area contributed by atoms with Gasteiger partial charge in [-0.3, -0.25) is 14.4 Å². The number of benzene rings is 2. The summed E-state index contributed by atoms with van der Waals surface area (Å²) in [6.45, 7) is 1.70. The summed E-state index contributed by atoms with van der Waals surface area (Å²) in [5, 5.41) is 13.5. The van der Waals surface area contributed by atoms with Crippen molar-refractivity contribution in [3.63, 3.8) is 0 Å². The number of ether oxygens (including phenoxy) is 1. The normalized spacial score (nSPS) is 16.5. The van der Waals surface area contributed by atoms with Crippen LogP contribution in [-0.2, 0) is 14.3 Å². The predicted octanol–water partition coefficient (Wildman–Crippen LogP) is 3.19. The summed E-state index contributed by atoms with van der Waals surface area (Å²) in [6.07, 6.45) is -2.65. The lowest BCUT2D eigenvalue weighted by Crippen LogP contribution is -2.32. The average molecular weight is 492 g/mol. The minimum Gasteiger partial charge on any atom is -0.475 e. The van der Waals surface area contributed by atoms with Gasteiger partial charge in [-0.1, -0.05) is 36.4 Å². The van der Waals surface area contributed by atoms with E-state index in [0.29, 0.717) is 47.5 Å². The number of rotatable bonds is 6. The summed E-state index contributed by atoms with van der Waals surface area (Å²) in [5.74, 6) is -3.24. The molecule has 1 fully saturated rings. The molecule has 2 aromatic rings. The maximum Gasteiger partial charge on any atom is 0.490 e. The van der Waals surface area contributed by atoms with E-state index in [0.717, 1.165) is 19.4 Å². The van der Waals surface area contributed by atoms with Crippen molar-refractivity contribution in [2.24, 2.45) is 0 Å². The maximum atomic E-state index is 12.9. The minimum absolute atomic E-state index is 0.133. The number of halogens is 3. The van der Waals surface area contributed by atoms with Gasteiger partial charge in [-0.15, -0.1) is 0 Å². The Morgan fingerprint density at radius 3 is 2.26 bits per heavy atom. The van der Waals surface area contributed by atoms with Crippen molar-refractivity contribution >= 4 is 29.2 Å². The number of carbonyl (C=O) groups excluding carboxylic acids is 3. The molecule has 4 rings (SSSR count). The molecular weight excluding hydrogens is 469 g/mol. The van der Waals surface area contributed by atoms with Crippen molar-refractivity contribution in [3.8, 4) is 0 Å². The van der Waals surface area contributed by atoms with Gasteiger partial charge in [0.25, 0.3) is 0 Å². The number of carboxylic acids is 1. The zero-order valence-electron chi connectivity index (χ0n) is 18.5. The lowest BCUT2D eigenvalue weighted by atomic mass is 9.83. The van der Waals surface area contributed by atoms with E-state index in [1.807, 2.05) is 0 Å². The fourth-order valence-corrected chi connectivity index (χ4v) is 3.75. The second kappa shape index (κ2) is 11.1. The number of hydrogen-bond acceptors (Lipinski definition) is 7. The van der Waals surface area contributed by atoms with Crippen LogP contribution in [0.4, 0.5) is 18.9 Å². The third-order valence-electron chi connectivity index (χ3n) is 5.42. The molecular formula is C24H23F3N2O6. The fourth-order valence-electron chi connectivity index (χ4n) is 3.75. The molecule has 0 radical (unpaired) electrons. The van der Waals surface area contributed by atoms with Gasteiger partial charge in [0.15, 0.2) is 11.6 Å². The number of fused-ring (bicyclic) bond motifs is 2. The van der Waals surface area contributed by atoms with E-state index < -0.39 is 12.1 Å². The number of aliphatic carboxylic acids is 1. The van der Waals surface area contributed by atoms with Crippen LogP contribution < -0.4 is 10.6 Å². The molecule has 1 heterocycles. The molecule has 0 unspecified atom stereocenters. The van der Waals surface area contributed by atoms with Crippen molar-refractivity contribution < 1.29 is 42.2 Å². The molecule has 0 amide bonds. The SMILES string of the molecule is O=C(O)C(F)(F)F.O=C1c2ccccc2C(=O)c2c(NCCCOC(=O)[C@@H]3CCCN3)cccc21. The van der Waals surface area contributed by atoms with Crippen LogP contribution in [0.15, 0.2) is 42.5 Å². The van der Waals surface area contributed by atoms with Gasteiger partial charge < -0.3 is 20.5 Å². The molecule has 3 N–H and O–H groups in total. The number of hydrogen-bond donors (Lipinski definition) is 3. The molecule has 0 saturated carbocycles. The van der Waals surface area contributed by atoms with Crippen molar-refractivity contribution in [2.45, 2.75) is 31.5 Å². The van der Waals surface area contributed by atoms with Crippen LogP contribution in [0, 0.1) is 0 Å². The van der Waals surface area contributed by atoms with E-state index in [1.165, 1.54) is 0 Å². The number of carbonyl (C=O) groups is 4. The summed E-state index contributed by atoms with van der Waals surface area (Å²) in [6, 6.07) is 12.0. The molecule has 0 spiro atoms. The van der Waals surface area contributed by atoms with Crippen molar-refractivity contribution in [1.29, 1.82) is 0 Å². The van der Waals surface area contributed by atoms with Crippen LogP contribution in [0.1, 0.15) is 51.1 Å². The summed E-state index contributed by atoms with van der Waals surface area (Å²) in [5.41, 5.74) is 2.36. The third kappa shape index (κ3) is 6.24. The molecule has 0 bridgehead atoms. The average Bonchev–Trinajstić information content (AvgIpc) is 3.37. The van der Waals surface area contributed by atoms with Gasteiger partial charge >= 0.3 is 18.1 Å². The van der Waals surface area contributed by atoms with Gasteiger partial charge in [0.2, 0.25) is 0 Å². The molecule has 1 saturated heterocycles. The number of alkyl halides is 3. The van der Waals surface area contributed by atoms with Crippen LogP contribution in [-0.4, -0.2) is 60.5 Å². The molecule has 1 aliphatic carbocycles. The molecule has 35 heavy (non-hydrogen) atoms. The van der Waals surface area contributed by atoms with Gasteiger partial charge in [0.1, 0.15) is 6.04 Å². The first kappa shape index (κ1) is 25.9. The highest BCUT2D eigenvalue weighted by molar-refractivity contribution is 6.30. The lowest BCUT2D eigenvalue weighted by molar-refractivity contribution is -0.192. The maximum absolute atomic E-state index is 12.9. The van der Waals surface area contributed by atoms with Gasteiger partial charge in [0.05, 0.1) is 12.2 Å². The smallest absolute Gasteiger partial charge is 0.475 e. The second-order valence-electron chi connectivity index (χ2n) is 7.83. The standard InChI is InChI=1S/C22H22N2O4.C2HF3O2/c25-20-14-6-1-2-7-15(14)21(26)19-16(20)8-3-9-17(19)23-12-5-13-28-22(27)18-10-4-11-24-18;3-2(4,5)1(6)7/h1-3,6-9,18,23-24H,4-5,10-13H2;(H,6,7)/t18-;/m0./s1. The Balaban J connectivity index is 0.000000429. The molecule has 1 aliphatic heterocycles. The van der Waals surface area contributed by atoms with E-state index in [-0.39, 0.29) is 23.6 Å². The largest absolute Gasteiger partial charge is 0.490 e. The first-order valence-corrected chi connectivity index (χ1v) is 10.9. The molecule has 11 heteroatoms. The van der Waals surface area contributed by atoms with Gasteiger partial charge in [0, 0.05) is 28.9 Å². The highest BCUT2D eigenvalue weighted by atomic mass is 19.4. The monoisotopic (exact) mass is 492 g/mol. The first-order chi connectivity index (χ1) is 16.6. The van der Waals surface area contributed by atoms with E-state index in [9.17, 15) is 27.6 Å². The molecule has 0 aromatic heterocycles. The van der Waals surface area contributed by atoms with Crippen LogP contribution in [0.5, 0.6) is 0 Å². The van der Waals surface area contributed by atoms with Crippen LogP contribution in [0.2, 0.25) is 0 Å². The summed E-state index contributed by atoms with van der Waals surface area (Å²) in [7, 11) is 0. The van der Waals surface area contributed by atoms with E-state index in [2.05, 4.69) is 10.6 Å². The van der Waals surface area contributed by atoms with Crippen molar-refractivity contribution in [2.75, 3.05) is 25.0 Å². The van der Waals surface area contributed by atoms with Crippen LogP contribution >= 0.6 is 0 Å². The summed E-state index contributed by atoms with van der Waals surface area (Å²) >= 11 is 0. The van der Waals surface area contributed by atoms with E-state index in [4.69, 9.17) is 14.6 Å². The van der Waals surface area contributed by atoms with Crippen LogP contribution in [0.25, 0.3) is 0 Å². The Morgan fingerprint density at radius 1 is 1.03 bits per heavy atom. The Labute approximate surface area is 198 Å². The van der Waals surface area contributed by atoms with Crippen molar-refractivity contribution in [1.82, 2.24) is 5.32 Å². The molecule has 8 nitrogen and oxygen atoms in total. The van der Waals surface area contributed by atoms with Gasteiger partial charge in [-0.25, -0.2) is 4.79 Å². The van der Waals surface area contributed by atoms with Gasteiger partial charge in [-0.05, 0) is 31.9 Å². The Hall–Kier alpha value is -3.73. The quantitative estimate of drug-likeness (QED) is 0.354. The topological polar surface area (TPSA) is 122 Å². The molecule has 2 aromatic carbocycles. The highest BCUT2D eigenvalue weighted by Gasteiger charge is 2.38. The fraction of sp³-hybridized carbons (Fsp3) is 0.333. The molecule has 1 atom stereocenters. The molecule has 186 valence electrons. The first-order valence-electron chi connectivity index (χ1n) is 10.9. The van der Waals surface area contributed by atoms with Crippen molar-refractivity contribution in [3.05, 3.63) is 64.7 Å². The van der Waals surface area contributed by atoms with E-state index in [1.54, 1.807) is 42.5 Å². The Kier molecular flexibility index (Phi) is 8.23. The number of ketones is 2. The molecule has 2 aliphatic rings. The Bertz CT molecular complexity index is 1130. The van der Waals surface area contributed by atoms with Gasteiger partial charge in [-0.2, -0.15) is 13.2 Å². The van der Waals surface area contributed by atoms with E-state index >= 15 is 0 Å².